The molecule has 0 fully saturated rings. The lowest BCUT2D eigenvalue weighted by molar-refractivity contribution is 0.717. The van der Waals surface area contributed by atoms with Crippen LogP contribution in [0.25, 0.3) is 11.1 Å². The first-order chi connectivity index (χ1) is 8.79. The fourth-order valence-corrected chi connectivity index (χ4v) is 2.27. The maximum absolute atomic E-state index is 2.27. The molecule has 18 heavy (non-hydrogen) atoms. The van der Waals surface area contributed by atoms with Gasteiger partial charge in [-0.05, 0) is 36.5 Å². The molecule has 0 saturated heterocycles. The van der Waals surface area contributed by atoms with Gasteiger partial charge in [0.25, 0.3) is 0 Å². The lowest BCUT2D eigenvalue weighted by Gasteiger charge is -2.05. The van der Waals surface area contributed by atoms with Crippen molar-refractivity contribution in [2.45, 2.75) is 39.5 Å². The van der Waals surface area contributed by atoms with Crippen molar-refractivity contribution in [3.63, 3.8) is 0 Å². The van der Waals surface area contributed by atoms with Crippen LogP contribution in [0, 0.1) is 6.92 Å². The van der Waals surface area contributed by atoms with Gasteiger partial charge >= 0.3 is 0 Å². The second-order valence-corrected chi connectivity index (χ2v) is 5.02. The first-order valence-corrected chi connectivity index (χ1v) is 6.95. The minimum atomic E-state index is 1.21. The molecule has 0 heteroatoms. The number of aryl methyl sites for hydroxylation is 2. The molecular formula is C18H22. The SMILES string of the molecule is CCCCCc1ccc(-c2cccc(C)c2)cc1. The van der Waals surface area contributed by atoms with Crippen molar-refractivity contribution in [2.75, 3.05) is 0 Å². The van der Waals surface area contributed by atoms with Gasteiger partial charge in [0.2, 0.25) is 0 Å². The van der Waals surface area contributed by atoms with Crippen LogP contribution < -0.4 is 0 Å². The molecule has 0 aliphatic carbocycles. The van der Waals surface area contributed by atoms with E-state index in [2.05, 4.69) is 62.4 Å². The second-order valence-electron chi connectivity index (χ2n) is 5.02. The number of benzene rings is 2. The molecule has 0 aromatic heterocycles. The van der Waals surface area contributed by atoms with Gasteiger partial charge in [-0.3, -0.25) is 0 Å². The normalized spacial score (nSPS) is 10.6. The van der Waals surface area contributed by atoms with Crippen LogP contribution in [0.15, 0.2) is 48.5 Å². The van der Waals surface area contributed by atoms with Crippen LogP contribution in [0.1, 0.15) is 37.3 Å². The summed E-state index contributed by atoms with van der Waals surface area (Å²) in [5.41, 5.74) is 5.41. The summed E-state index contributed by atoms with van der Waals surface area (Å²) in [5, 5.41) is 0. The van der Waals surface area contributed by atoms with E-state index >= 15 is 0 Å². The van der Waals surface area contributed by atoms with Crippen LogP contribution in [-0.2, 0) is 6.42 Å². The first kappa shape index (κ1) is 12.9. The highest BCUT2D eigenvalue weighted by molar-refractivity contribution is 5.64. The average Bonchev–Trinajstić information content (AvgIpc) is 2.40. The maximum atomic E-state index is 2.27. The summed E-state index contributed by atoms with van der Waals surface area (Å²) < 4.78 is 0. The van der Waals surface area contributed by atoms with Crippen LogP contribution in [-0.4, -0.2) is 0 Å². The molecular weight excluding hydrogens is 216 g/mol. The third-order valence-corrected chi connectivity index (χ3v) is 3.37. The van der Waals surface area contributed by atoms with Gasteiger partial charge in [-0.25, -0.2) is 0 Å². The Hall–Kier alpha value is -1.56. The highest BCUT2D eigenvalue weighted by atomic mass is 14.0. The molecule has 0 atom stereocenters. The molecule has 0 bridgehead atoms. The van der Waals surface area contributed by atoms with Gasteiger partial charge in [0.15, 0.2) is 0 Å². The zero-order valence-corrected chi connectivity index (χ0v) is 11.4. The zero-order valence-electron chi connectivity index (χ0n) is 11.4. The average molecular weight is 238 g/mol. The Labute approximate surface area is 111 Å². The van der Waals surface area contributed by atoms with Crippen molar-refractivity contribution < 1.29 is 0 Å². The minimum Gasteiger partial charge on any atom is -0.0654 e. The number of unbranched alkanes of at least 4 members (excludes halogenated alkanes) is 2. The molecule has 2 aromatic rings. The van der Waals surface area contributed by atoms with Gasteiger partial charge in [-0.1, -0.05) is 73.9 Å². The summed E-state index contributed by atoms with van der Waals surface area (Å²) in [6.07, 6.45) is 5.14. The van der Waals surface area contributed by atoms with E-state index in [1.165, 1.54) is 47.9 Å². The van der Waals surface area contributed by atoms with E-state index < -0.39 is 0 Å². The summed E-state index contributed by atoms with van der Waals surface area (Å²) in [6, 6.07) is 17.7. The van der Waals surface area contributed by atoms with Gasteiger partial charge in [0, 0.05) is 0 Å². The molecule has 2 aromatic carbocycles. The predicted octanol–water partition coefficient (Wildman–Crippen LogP) is 5.39. The topological polar surface area (TPSA) is 0 Å². The Morgan fingerprint density at radius 3 is 2.28 bits per heavy atom. The second kappa shape index (κ2) is 6.39. The van der Waals surface area contributed by atoms with Crippen LogP contribution in [0.3, 0.4) is 0 Å². The van der Waals surface area contributed by atoms with Crippen molar-refractivity contribution in [3.8, 4) is 11.1 Å². The van der Waals surface area contributed by atoms with E-state index in [1.54, 1.807) is 0 Å². The van der Waals surface area contributed by atoms with Gasteiger partial charge in [-0.15, -0.1) is 0 Å². The Kier molecular flexibility index (Phi) is 4.58. The van der Waals surface area contributed by atoms with Crippen molar-refractivity contribution in [1.29, 1.82) is 0 Å². The van der Waals surface area contributed by atoms with Crippen LogP contribution >= 0.6 is 0 Å². The number of hydrogen-bond donors (Lipinski definition) is 0. The van der Waals surface area contributed by atoms with E-state index in [1.807, 2.05) is 0 Å². The fraction of sp³-hybridized carbons (Fsp3) is 0.333. The van der Waals surface area contributed by atoms with Gasteiger partial charge in [0.1, 0.15) is 0 Å². The van der Waals surface area contributed by atoms with Crippen LogP contribution in [0.2, 0.25) is 0 Å². The van der Waals surface area contributed by atoms with Crippen molar-refractivity contribution in [3.05, 3.63) is 59.7 Å². The van der Waals surface area contributed by atoms with E-state index in [-0.39, 0.29) is 0 Å². The Morgan fingerprint density at radius 1 is 0.833 bits per heavy atom. The van der Waals surface area contributed by atoms with Crippen LogP contribution in [0.4, 0.5) is 0 Å². The standard InChI is InChI=1S/C18H22/c1-3-4-5-8-16-10-12-17(13-11-16)18-9-6-7-15(2)14-18/h6-7,9-14H,3-5,8H2,1-2H3. The van der Waals surface area contributed by atoms with Crippen molar-refractivity contribution >= 4 is 0 Å². The van der Waals surface area contributed by atoms with E-state index in [0.29, 0.717) is 0 Å². The quantitative estimate of drug-likeness (QED) is 0.612. The number of hydrogen-bond acceptors (Lipinski definition) is 0. The molecule has 0 nitrogen and oxygen atoms in total. The molecule has 0 radical (unpaired) electrons. The smallest absolute Gasteiger partial charge is 0.0181 e. The van der Waals surface area contributed by atoms with E-state index in [4.69, 9.17) is 0 Å². The van der Waals surface area contributed by atoms with E-state index in [9.17, 15) is 0 Å². The molecule has 94 valence electrons. The summed E-state index contributed by atoms with van der Waals surface area (Å²) in [4.78, 5) is 0. The monoisotopic (exact) mass is 238 g/mol. The number of rotatable bonds is 5. The molecule has 2 rings (SSSR count). The Balaban J connectivity index is 2.07. The summed E-state index contributed by atoms with van der Waals surface area (Å²) in [7, 11) is 0. The Morgan fingerprint density at radius 2 is 1.61 bits per heavy atom. The first-order valence-electron chi connectivity index (χ1n) is 6.95. The third-order valence-electron chi connectivity index (χ3n) is 3.37. The van der Waals surface area contributed by atoms with Gasteiger partial charge in [-0.2, -0.15) is 0 Å². The lowest BCUT2D eigenvalue weighted by Crippen LogP contribution is -1.86. The summed E-state index contributed by atoms with van der Waals surface area (Å²) in [5.74, 6) is 0. The lowest BCUT2D eigenvalue weighted by atomic mass is 10.0. The van der Waals surface area contributed by atoms with Crippen molar-refractivity contribution in [2.24, 2.45) is 0 Å². The molecule has 0 aliphatic heterocycles. The summed E-state index contributed by atoms with van der Waals surface area (Å²) in [6.45, 7) is 4.39. The molecule has 0 unspecified atom stereocenters. The molecule has 0 saturated carbocycles. The predicted molar refractivity (Wildman–Crippen MR) is 79.8 cm³/mol. The molecule has 0 aliphatic rings. The Bertz CT molecular complexity index is 480. The zero-order chi connectivity index (χ0) is 12.8. The highest BCUT2D eigenvalue weighted by Gasteiger charge is 1.98. The minimum absolute atomic E-state index is 1.21. The van der Waals surface area contributed by atoms with Crippen LogP contribution in [0.5, 0.6) is 0 Å². The molecule has 0 amide bonds. The van der Waals surface area contributed by atoms with Gasteiger partial charge < -0.3 is 0 Å². The third kappa shape index (κ3) is 3.46. The van der Waals surface area contributed by atoms with E-state index in [0.717, 1.165) is 0 Å². The molecule has 0 heterocycles. The summed E-state index contributed by atoms with van der Waals surface area (Å²) >= 11 is 0. The van der Waals surface area contributed by atoms with Gasteiger partial charge in [0.05, 0.1) is 0 Å². The molecule has 0 N–H and O–H groups in total. The fourth-order valence-electron chi connectivity index (χ4n) is 2.27. The maximum Gasteiger partial charge on any atom is -0.0181 e. The highest BCUT2D eigenvalue weighted by Crippen LogP contribution is 2.21. The molecule has 0 spiro atoms. The van der Waals surface area contributed by atoms with Crippen molar-refractivity contribution in [1.82, 2.24) is 0 Å². The largest absolute Gasteiger partial charge is 0.0654 e.